The number of anilines is 1. The van der Waals surface area contributed by atoms with Crippen molar-refractivity contribution >= 4 is 21.7 Å². The van der Waals surface area contributed by atoms with Crippen molar-refractivity contribution in [3.8, 4) is 5.75 Å². The van der Waals surface area contributed by atoms with Crippen molar-refractivity contribution in [2.75, 3.05) is 11.9 Å². The van der Waals surface area contributed by atoms with E-state index < -0.39 is 0 Å². The fourth-order valence-corrected chi connectivity index (χ4v) is 2.04. The van der Waals surface area contributed by atoms with Crippen LogP contribution in [0.15, 0.2) is 45.9 Å². The zero-order valence-electron chi connectivity index (χ0n) is 11.3. The van der Waals surface area contributed by atoms with Crippen LogP contribution >= 0.6 is 15.9 Å². The van der Waals surface area contributed by atoms with Crippen molar-refractivity contribution < 1.29 is 4.74 Å². The van der Waals surface area contributed by atoms with Crippen LogP contribution in [0.1, 0.15) is 6.92 Å². The number of para-hydroxylation sites is 1. The summed E-state index contributed by atoms with van der Waals surface area (Å²) in [5.74, 6) is 1.10. The molecule has 6 heteroatoms. The van der Waals surface area contributed by atoms with Gasteiger partial charge in [0.15, 0.2) is 5.82 Å². The van der Waals surface area contributed by atoms with Gasteiger partial charge in [-0.05, 0) is 35.0 Å². The molecule has 0 saturated heterocycles. The van der Waals surface area contributed by atoms with Crippen LogP contribution in [0.2, 0.25) is 0 Å². The Hall–Kier alpha value is -1.82. The molecule has 0 spiro atoms. The third-order valence-electron chi connectivity index (χ3n) is 2.74. The summed E-state index contributed by atoms with van der Waals surface area (Å²) < 4.78 is 8.18. The van der Waals surface area contributed by atoms with Gasteiger partial charge in [-0.1, -0.05) is 12.1 Å². The minimum atomic E-state index is -0.152. The Kier molecular flexibility index (Phi) is 4.79. The second kappa shape index (κ2) is 6.56. The summed E-state index contributed by atoms with van der Waals surface area (Å²) in [5, 5.41) is 3.01. The maximum absolute atomic E-state index is 11.8. The van der Waals surface area contributed by atoms with E-state index >= 15 is 0 Å². The van der Waals surface area contributed by atoms with Crippen LogP contribution in [0.25, 0.3) is 0 Å². The highest BCUT2D eigenvalue weighted by Crippen LogP contribution is 2.24. The quantitative estimate of drug-likeness (QED) is 0.910. The smallest absolute Gasteiger partial charge is 0.293 e. The van der Waals surface area contributed by atoms with Crippen LogP contribution in [-0.2, 0) is 7.05 Å². The van der Waals surface area contributed by atoms with E-state index in [2.05, 4.69) is 26.2 Å². The lowest BCUT2D eigenvalue weighted by atomic mass is 10.3. The maximum Gasteiger partial charge on any atom is 0.293 e. The molecule has 1 heterocycles. The minimum absolute atomic E-state index is 0.0968. The van der Waals surface area contributed by atoms with Gasteiger partial charge in [0.2, 0.25) is 0 Å². The zero-order valence-corrected chi connectivity index (χ0v) is 12.9. The predicted octanol–water partition coefficient (Wildman–Crippen LogP) is 2.42. The first-order chi connectivity index (χ1) is 9.58. The number of ether oxygens (including phenoxy) is 1. The molecule has 106 valence electrons. The average Bonchev–Trinajstić information content (AvgIpc) is 2.43. The second-order valence-electron chi connectivity index (χ2n) is 4.43. The summed E-state index contributed by atoms with van der Waals surface area (Å²) in [7, 11) is 1.69. The maximum atomic E-state index is 11.8. The molecule has 0 aliphatic carbocycles. The molecule has 0 fully saturated rings. The molecule has 2 aromatic rings. The van der Waals surface area contributed by atoms with Crippen molar-refractivity contribution in [2.24, 2.45) is 7.05 Å². The number of rotatable bonds is 5. The third kappa shape index (κ3) is 3.60. The molecule has 0 saturated carbocycles. The number of nitrogens with one attached hydrogen (secondary N) is 1. The molecule has 0 bridgehead atoms. The Morgan fingerprint density at radius 2 is 2.20 bits per heavy atom. The Morgan fingerprint density at radius 1 is 1.45 bits per heavy atom. The number of halogens is 1. The highest BCUT2D eigenvalue weighted by atomic mass is 79.9. The fraction of sp³-hybridized carbons (Fsp3) is 0.286. The van der Waals surface area contributed by atoms with Gasteiger partial charge in [-0.25, -0.2) is 4.98 Å². The van der Waals surface area contributed by atoms with Gasteiger partial charge in [0, 0.05) is 19.4 Å². The van der Waals surface area contributed by atoms with E-state index in [-0.39, 0.29) is 11.7 Å². The van der Waals surface area contributed by atoms with Gasteiger partial charge in [0.25, 0.3) is 5.56 Å². The van der Waals surface area contributed by atoms with Gasteiger partial charge in [0.05, 0.1) is 11.0 Å². The number of aryl methyl sites for hydroxylation is 1. The summed E-state index contributed by atoms with van der Waals surface area (Å²) in [4.78, 5) is 15.8. The lowest BCUT2D eigenvalue weighted by molar-refractivity contribution is 0.233. The van der Waals surface area contributed by atoms with E-state index in [0.717, 1.165) is 10.2 Å². The standard InChI is InChI=1S/C14H16BrN3O2/c1-10(20-12-6-4-3-5-11(12)15)9-17-13-14(19)18(2)8-7-16-13/h3-8,10H,9H2,1-2H3,(H,16,17)/t10-/m0/s1. The monoisotopic (exact) mass is 337 g/mol. The van der Waals surface area contributed by atoms with Crippen LogP contribution in [0.5, 0.6) is 5.75 Å². The van der Waals surface area contributed by atoms with Gasteiger partial charge in [-0.3, -0.25) is 4.79 Å². The largest absolute Gasteiger partial charge is 0.488 e. The lowest BCUT2D eigenvalue weighted by Gasteiger charge is -2.16. The normalized spacial score (nSPS) is 11.9. The van der Waals surface area contributed by atoms with E-state index in [0.29, 0.717) is 12.4 Å². The molecular weight excluding hydrogens is 322 g/mol. The zero-order chi connectivity index (χ0) is 14.5. The Bertz CT molecular complexity index is 642. The summed E-state index contributed by atoms with van der Waals surface area (Å²) in [6.07, 6.45) is 3.11. The van der Waals surface area contributed by atoms with Crippen molar-refractivity contribution in [1.82, 2.24) is 9.55 Å². The van der Waals surface area contributed by atoms with Gasteiger partial charge in [-0.2, -0.15) is 0 Å². The molecule has 0 aliphatic heterocycles. The molecule has 1 aromatic carbocycles. The van der Waals surface area contributed by atoms with Crippen molar-refractivity contribution in [3.63, 3.8) is 0 Å². The lowest BCUT2D eigenvalue weighted by Crippen LogP contribution is -2.28. The number of hydrogen-bond donors (Lipinski definition) is 1. The molecule has 1 atom stereocenters. The first kappa shape index (κ1) is 14.6. The number of hydrogen-bond acceptors (Lipinski definition) is 4. The SMILES string of the molecule is C[C@@H](CNc1nccn(C)c1=O)Oc1ccccc1Br. The molecule has 2 rings (SSSR count). The number of aromatic nitrogens is 2. The first-order valence-electron chi connectivity index (χ1n) is 6.24. The molecule has 5 nitrogen and oxygen atoms in total. The molecule has 1 N–H and O–H groups in total. The van der Waals surface area contributed by atoms with Crippen molar-refractivity contribution in [3.05, 3.63) is 51.5 Å². The van der Waals surface area contributed by atoms with Crippen molar-refractivity contribution in [2.45, 2.75) is 13.0 Å². The third-order valence-corrected chi connectivity index (χ3v) is 3.39. The first-order valence-corrected chi connectivity index (χ1v) is 7.04. The summed E-state index contributed by atoms with van der Waals surface area (Å²) in [6, 6.07) is 7.65. The van der Waals surface area contributed by atoms with E-state index in [1.54, 1.807) is 19.4 Å². The highest BCUT2D eigenvalue weighted by Gasteiger charge is 2.08. The van der Waals surface area contributed by atoms with E-state index in [4.69, 9.17) is 4.74 Å². The number of benzene rings is 1. The molecule has 1 aromatic heterocycles. The van der Waals surface area contributed by atoms with Crippen LogP contribution in [0, 0.1) is 0 Å². The van der Waals surface area contributed by atoms with Gasteiger partial charge < -0.3 is 14.6 Å². The summed E-state index contributed by atoms with van der Waals surface area (Å²) >= 11 is 3.43. The van der Waals surface area contributed by atoms with Crippen molar-refractivity contribution in [1.29, 1.82) is 0 Å². The Morgan fingerprint density at radius 3 is 2.95 bits per heavy atom. The van der Waals surface area contributed by atoms with E-state index in [1.165, 1.54) is 4.57 Å². The molecule has 0 radical (unpaired) electrons. The van der Waals surface area contributed by atoms with Gasteiger partial charge >= 0.3 is 0 Å². The molecule has 0 aliphatic rings. The fourth-order valence-electron chi connectivity index (χ4n) is 1.66. The second-order valence-corrected chi connectivity index (χ2v) is 5.29. The molecule has 0 amide bonds. The average molecular weight is 338 g/mol. The molecular formula is C14H16BrN3O2. The molecule has 0 unspecified atom stereocenters. The van der Waals surface area contributed by atoms with Crippen LogP contribution < -0.4 is 15.6 Å². The predicted molar refractivity (Wildman–Crippen MR) is 82.2 cm³/mol. The van der Waals surface area contributed by atoms with Crippen LogP contribution in [-0.4, -0.2) is 22.2 Å². The topological polar surface area (TPSA) is 56.2 Å². The molecule has 20 heavy (non-hydrogen) atoms. The van der Waals surface area contributed by atoms with Crippen LogP contribution in [0.3, 0.4) is 0 Å². The summed E-state index contributed by atoms with van der Waals surface area (Å²) in [6.45, 7) is 2.42. The number of nitrogens with zero attached hydrogens (tertiary/aromatic N) is 2. The Balaban J connectivity index is 1.96. The van der Waals surface area contributed by atoms with Crippen LogP contribution in [0.4, 0.5) is 5.82 Å². The van der Waals surface area contributed by atoms with E-state index in [9.17, 15) is 4.79 Å². The van der Waals surface area contributed by atoms with Gasteiger partial charge in [0.1, 0.15) is 11.9 Å². The summed E-state index contributed by atoms with van der Waals surface area (Å²) in [5.41, 5.74) is -0.152. The Labute approximate surface area is 125 Å². The van der Waals surface area contributed by atoms with Gasteiger partial charge in [-0.15, -0.1) is 0 Å². The van der Waals surface area contributed by atoms with E-state index in [1.807, 2.05) is 31.2 Å². The highest BCUT2D eigenvalue weighted by molar-refractivity contribution is 9.10. The minimum Gasteiger partial charge on any atom is -0.488 e.